The van der Waals surface area contributed by atoms with Gasteiger partial charge in [0, 0.05) is 160 Å². The highest BCUT2D eigenvalue weighted by molar-refractivity contribution is 7.54. The first-order valence-corrected chi connectivity index (χ1v) is 35.5. The van der Waals surface area contributed by atoms with Gasteiger partial charge in [-0.25, -0.2) is 24.6 Å². The van der Waals surface area contributed by atoms with Crippen molar-refractivity contribution in [2.75, 3.05) is 164 Å². The van der Waals surface area contributed by atoms with Crippen molar-refractivity contribution >= 4 is 82.4 Å². The van der Waals surface area contributed by atoms with Gasteiger partial charge in [-0.05, 0) is 61.9 Å². The minimum Gasteiger partial charge on any atom is -0.481 e. The van der Waals surface area contributed by atoms with Crippen LogP contribution in [0.4, 0.5) is 0 Å². The molecule has 10 unspecified atom stereocenters. The van der Waals surface area contributed by atoms with Crippen LogP contribution in [0.5, 0.6) is 0 Å². The highest BCUT2D eigenvalue weighted by atomic mass is 31.2. The fraction of sp³-hybridized carbons (Fsp3) is 0.902. The van der Waals surface area contributed by atoms with Gasteiger partial charge in [-0.2, -0.15) is 0 Å². The number of piperazine rings is 2. The van der Waals surface area contributed by atoms with Crippen LogP contribution in [-0.4, -0.2) is 350 Å². The van der Waals surface area contributed by atoms with Gasteiger partial charge >= 0.3 is 39.2 Å². The number of carbonyl (C=O) groups excluding carboxylic acids is 4. The number of carboxylic acid groups (broad SMARTS) is 2. The van der Waals surface area contributed by atoms with Crippen LogP contribution in [0.25, 0.3) is 0 Å². The maximum absolute atomic E-state index is 14.9. The highest BCUT2D eigenvalue weighted by Gasteiger charge is 2.47. The molecule has 10 atom stereocenters. The van der Waals surface area contributed by atoms with Crippen LogP contribution in [0.15, 0.2) is 0 Å². The summed E-state index contributed by atoms with van der Waals surface area (Å²) in [5, 5.41) is 27.7. The summed E-state index contributed by atoms with van der Waals surface area (Å²) in [6.45, 7) is 30.3. The van der Waals surface area contributed by atoms with Gasteiger partial charge in [-0.15, -0.1) is 0 Å². The van der Waals surface area contributed by atoms with E-state index in [0.29, 0.717) is 45.9 Å². The molecule has 8 heterocycles. The van der Waals surface area contributed by atoms with Crippen molar-refractivity contribution in [3.05, 3.63) is 0 Å². The number of cyclic esters (lactones) is 2. The minimum atomic E-state index is -3.84. The van der Waals surface area contributed by atoms with E-state index in [9.17, 15) is 37.9 Å². The van der Waals surface area contributed by atoms with E-state index in [2.05, 4.69) is 53.4 Å². The summed E-state index contributed by atoms with van der Waals surface area (Å²) in [6, 6.07) is -2.59. The molecule has 8 rings (SSSR count). The quantitative estimate of drug-likeness (QED) is 0.0342. The lowest BCUT2D eigenvalue weighted by Gasteiger charge is -2.47. The molecule has 37 heteroatoms. The second kappa shape index (κ2) is 46.7. The summed E-state index contributed by atoms with van der Waals surface area (Å²) >= 11 is 0. The van der Waals surface area contributed by atoms with Crippen LogP contribution < -0.4 is 11.2 Å². The SMILES string of the molecule is C.C.C.C.CCN1CCOCC1.NO.O=C1CCC(=O)O1.[B]C1CN(C(=O)CCC(=O)O)CC(COP(=O)(N2CCN(C(=O)CCC(=O)O)CC2)N2CC([B])OC(COC(C)(C)C)C2)O1.[B]C1CN(C(C)(C)C)CC(COP(=O)(N2CCNCC2)N2CC([B])OC(COC(C)C)C2)O1. The Labute approximate surface area is 590 Å². The third-order valence-electron chi connectivity index (χ3n) is 15.8. The lowest BCUT2D eigenvalue weighted by atomic mass is 9.94. The Hall–Kier alpha value is -2.98. The molecule has 0 aliphatic carbocycles. The zero-order valence-corrected chi connectivity index (χ0v) is 58.5. The summed E-state index contributed by atoms with van der Waals surface area (Å²) in [6.07, 6.45) is -2.08. The van der Waals surface area contributed by atoms with Crippen molar-refractivity contribution in [2.24, 2.45) is 5.90 Å². The van der Waals surface area contributed by atoms with E-state index in [1.54, 1.807) is 14.2 Å². The predicted octanol–water partition coefficient (Wildman–Crippen LogP) is 2.42. The highest BCUT2D eigenvalue weighted by Crippen LogP contribution is 2.57. The molecule has 562 valence electrons. The van der Waals surface area contributed by atoms with Crippen LogP contribution in [-0.2, 0) is 84.8 Å². The Morgan fingerprint density at radius 1 is 0.561 bits per heavy atom. The normalized spacial score (nSPS) is 26.8. The zero-order valence-electron chi connectivity index (χ0n) is 56.7. The Kier molecular flexibility index (Phi) is 45.3. The number of hydrogen-bond donors (Lipinski definition) is 5. The number of hydrogen-bond acceptors (Lipinski definition) is 23. The molecule has 0 aromatic carbocycles. The number of esters is 2. The number of nitrogens with zero attached hydrogens (tertiary/aromatic N) is 8. The molecule has 31 nitrogen and oxygen atoms in total. The van der Waals surface area contributed by atoms with Crippen LogP contribution in [0.2, 0.25) is 0 Å². The maximum Gasteiger partial charge on any atom is 0.346 e. The van der Waals surface area contributed by atoms with Gasteiger partial charge in [-0.3, -0.25) is 47.7 Å². The van der Waals surface area contributed by atoms with E-state index in [4.69, 9.17) is 89.0 Å². The number of aliphatic carboxylic acids is 2. The van der Waals surface area contributed by atoms with E-state index in [1.165, 1.54) is 11.4 Å². The van der Waals surface area contributed by atoms with E-state index in [-0.39, 0.29) is 176 Å². The smallest absolute Gasteiger partial charge is 0.346 e. The molecule has 8 aliphatic heterocycles. The average Bonchev–Trinajstić information content (AvgIpc) is 0.942. The molecule has 8 fully saturated rings. The van der Waals surface area contributed by atoms with Crippen LogP contribution in [0.1, 0.15) is 131 Å². The summed E-state index contributed by atoms with van der Waals surface area (Å²) < 4.78 is 93.4. The minimum absolute atomic E-state index is 0. The van der Waals surface area contributed by atoms with Gasteiger partial charge in [0.25, 0.3) is 0 Å². The number of nitrogens with one attached hydrogen (secondary N) is 1. The third-order valence-corrected chi connectivity index (χ3v) is 21.0. The van der Waals surface area contributed by atoms with Crippen molar-refractivity contribution in [1.82, 2.24) is 43.6 Å². The number of morpholine rings is 5. The maximum atomic E-state index is 14.9. The molecule has 0 saturated carbocycles. The molecule has 6 N–H and O–H groups in total. The standard InChI is InChI=1S/C26H43B2N4O11P.C21H41B2N4O5P.C6H13NO.C4H4O3.4CH4.H3NO/c1-26(2,3)40-16-19-13-32(15-21(28)43-19)44(39,31-10-8-29(9-11-31)22(33)4-6-24(35)36)41-17-18-12-30(14-20(27)42-18)23(34)5-7-25(37)38;1-16(2)29-14-18-11-27(13-20(23)32-18)33(28,26-8-6-24-7-9-26)30-15-17-10-25(21(3,4)5)12-19(22)31-17;1-2-7-3-5-8-6-4-7;5-3-1-2-4(6)7-3;;;;;1-2/h18-21H,4-17H2,1-3H3,(H,35,36)(H,37,38);16-20,24H,6-15H2,1-5H3;2-6H2,1H3;1-2H2;4*1H4;2H,1H2. The molecule has 8 aliphatic rings. The Bertz CT molecular complexity index is 2420. The van der Waals surface area contributed by atoms with Crippen LogP contribution in [0.3, 0.4) is 0 Å². The van der Waals surface area contributed by atoms with Crippen molar-refractivity contribution < 1.29 is 100 Å². The third kappa shape index (κ3) is 33.6. The van der Waals surface area contributed by atoms with E-state index >= 15 is 0 Å². The van der Waals surface area contributed by atoms with Crippen molar-refractivity contribution in [3.8, 4) is 0 Å². The van der Waals surface area contributed by atoms with Gasteiger partial charge in [-0.1, -0.05) is 36.6 Å². The predicted molar refractivity (Wildman–Crippen MR) is 375 cm³/mol. The first kappa shape index (κ1) is 95.0. The molecule has 98 heavy (non-hydrogen) atoms. The Morgan fingerprint density at radius 3 is 1.39 bits per heavy atom. The number of carbonyl (C=O) groups is 6. The number of carboxylic acids is 2. The molecule has 0 spiro atoms. The molecular weight excluding hydrogens is 1310 g/mol. The summed E-state index contributed by atoms with van der Waals surface area (Å²) in [4.78, 5) is 74.6. The van der Waals surface area contributed by atoms with E-state index in [1.807, 2.05) is 44.0 Å². The molecule has 2 amide bonds. The first-order valence-electron chi connectivity index (χ1n) is 32.4. The number of likely N-dealkylation sites (N-methyl/N-ethyl adjacent to an activating group) is 1. The molecule has 0 aromatic heterocycles. The van der Waals surface area contributed by atoms with Gasteiger partial charge in [0.1, 0.15) is 31.4 Å². The van der Waals surface area contributed by atoms with Crippen molar-refractivity contribution in [3.63, 3.8) is 0 Å². The fourth-order valence-corrected chi connectivity index (χ4v) is 15.9. The van der Waals surface area contributed by atoms with Gasteiger partial charge in [0.05, 0.1) is 101 Å². The first-order chi connectivity index (χ1) is 44.2. The molecule has 0 aromatic rings. The number of rotatable bonds is 22. The summed E-state index contributed by atoms with van der Waals surface area (Å²) in [7, 11) is 17.4. The Morgan fingerprint density at radius 2 is 0.980 bits per heavy atom. The Balaban J connectivity index is 0.00000152. The average molecular weight is 1430 g/mol. The van der Waals surface area contributed by atoms with Gasteiger partial charge in [0.15, 0.2) is 0 Å². The van der Waals surface area contributed by atoms with Gasteiger partial charge in [0.2, 0.25) is 11.8 Å². The van der Waals surface area contributed by atoms with Crippen molar-refractivity contribution in [1.29, 1.82) is 0 Å². The molecule has 8 saturated heterocycles. The second-order valence-corrected chi connectivity index (χ2v) is 30.6. The van der Waals surface area contributed by atoms with Gasteiger partial charge < -0.3 is 77.5 Å². The monoisotopic (exact) mass is 1430 g/mol. The summed E-state index contributed by atoms with van der Waals surface area (Å²) in [5.41, 5.74) is -0.479. The topological polar surface area (TPSA) is 354 Å². The molecule has 8 radical (unpaired) electrons. The lowest BCUT2D eigenvalue weighted by Crippen LogP contribution is -2.56. The largest absolute Gasteiger partial charge is 0.481 e. The van der Waals surface area contributed by atoms with Crippen molar-refractivity contribution in [2.45, 2.75) is 196 Å². The molecule has 0 bridgehead atoms. The van der Waals surface area contributed by atoms with Crippen LogP contribution in [0, 0.1) is 0 Å². The number of nitrogens with two attached hydrogens (primary N) is 1. The number of amides is 2. The zero-order chi connectivity index (χ0) is 70.0. The molecular formula is C61H120B4N10O21P2. The van der Waals surface area contributed by atoms with Crippen LogP contribution >= 0.6 is 15.3 Å². The van der Waals surface area contributed by atoms with E-state index in [0.717, 1.165) is 39.4 Å². The lowest BCUT2D eigenvalue weighted by molar-refractivity contribution is -0.152. The fourth-order valence-electron chi connectivity index (χ4n) is 10.9. The second-order valence-electron chi connectivity index (χ2n) is 25.9. The number of ether oxygens (including phenoxy) is 8. The summed E-state index contributed by atoms with van der Waals surface area (Å²) in [5.74, 6) is -0.127. The van der Waals surface area contributed by atoms with E-state index < -0.39 is 81.0 Å².